The number of esters is 2. The molecule has 27 heavy (non-hydrogen) atoms. The summed E-state index contributed by atoms with van der Waals surface area (Å²) in [7, 11) is 0. The van der Waals surface area contributed by atoms with Gasteiger partial charge in [0, 0.05) is 16.4 Å². The minimum atomic E-state index is -0.669. The first-order chi connectivity index (χ1) is 12.6. The number of rotatable bonds is 5. The highest BCUT2D eigenvalue weighted by molar-refractivity contribution is 6.31. The van der Waals surface area contributed by atoms with Crippen molar-refractivity contribution in [1.82, 2.24) is 5.32 Å². The van der Waals surface area contributed by atoms with Crippen LogP contribution in [0.2, 0.25) is 5.02 Å². The van der Waals surface area contributed by atoms with E-state index in [9.17, 15) is 9.59 Å². The van der Waals surface area contributed by atoms with Crippen molar-refractivity contribution in [2.75, 3.05) is 0 Å². The number of hydrogen-bond donors (Lipinski definition) is 1. The average Bonchev–Trinajstić information content (AvgIpc) is 2.52. The Morgan fingerprint density at radius 3 is 1.78 bits per heavy atom. The van der Waals surface area contributed by atoms with Crippen LogP contribution in [0.1, 0.15) is 53.0 Å². The van der Waals surface area contributed by atoms with Crippen molar-refractivity contribution >= 4 is 23.5 Å². The van der Waals surface area contributed by atoms with Crippen LogP contribution in [0.4, 0.5) is 0 Å². The number of benzene rings is 1. The largest absolute Gasteiger partial charge is 0.460 e. The van der Waals surface area contributed by atoms with Crippen LogP contribution >= 0.6 is 11.6 Å². The number of dihydropyridines is 1. The van der Waals surface area contributed by atoms with E-state index in [0.29, 0.717) is 33.1 Å². The third kappa shape index (κ3) is 4.72. The lowest BCUT2D eigenvalue weighted by Gasteiger charge is -2.31. The molecule has 1 aromatic rings. The molecule has 0 bridgehead atoms. The molecule has 0 amide bonds. The Bertz CT molecular complexity index is 764. The van der Waals surface area contributed by atoms with Gasteiger partial charge in [0.1, 0.15) is 0 Å². The lowest BCUT2D eigenvalue weighted by Crippen LogP contribution is -2.33. The summed E-state index contributed by atoms with van der Waals surface area (Å²) in [6, 6.07) is 7.17. The van der Waals surface area contributed by atoms with Gasteiger partial charge in [-0.25, -0.2) is 9.59 Å². The molecule has 5 nitrogen and oxygen atoms in total. The van der Waals surface area contributed by atoms with Gasteiger partial charge in [0.15, 0.2) is 0 Å². The molecule has 0 radical (unpaired) electrons. The highest BCUT2D eigenvalue weighted by Gasteiger charge is 2.39. The first-order valence-electron chi connectivity index (χ1n) is 8.98. The van der Waals surface area contributed by atoms with Gasteiger partial charge in [-0.15, -0.1) is 0 Å². The van der Waals surface area contributed by atoms with Gasteiger partial charge in [0.05, 0.1) is 29.3 Å². The molecule has 0 aromatic heterocycles. The van der Waals surface area contributed by atoms with Gasteiger partial charge in [-0.05, 0) is 53.2 Å². The van der Waals surface area contributed by atoms with E-state index >= 15 is 0 Å². The summed E-state index contributed by atoms with van der Waals surface area (Å²) in [6.07, 6.45) is -0.578. The van der Waals surface area contributed by atoms with Crippen molar-refractivity contribution in [3.8, 4) is 0 Å². The molecule has 0 spiro atoms. The molecule has 0 aliphatic carbocycles. The SMILES string of the molecule is CC1=C(C(=O)OC(C)C)C(c2ccccc2Cl)C(C(=O)OC(C)C)=C(C)N1. The Hall–Kier alpha value is -2.27. The van der Waals surface area contributed by atoms with Gasteiger partial charge in [0.2, 0.25) is 0 Å². The quantitative estimate of drug-likeness (QED) is 0.750. The molecule has 0 fully saturated rings. The molecule has 1 N–H and O–H groups in total. The predicted molar refractivity (Wildman–Crippen MR) is 105 cm³/mol. The lowest BCUT2D eigenvalue weighted by atomic mass is 9.80. The van der Waals surface area contributed by atoms with Crippen molar-refractivity contribution in [2.24, 2.45) is 0 Å². The molecular weight excluding hydrogens is 366 g/mol. The van der Waals surface area contributed by atoms with E-state index in [4.69, 9.17) is 21.1 Å². The maximum atomic E-state index is 12.9. The second-order valence-corrected chi connectivity index (χ2v) is 7.47. The Kier molecular flexibility index (Phi) is 6.71. The van der Waals surface area contributed by atoms with Gasteiger partial charge < -0.3 is 14.8 Å². The minimum Gasteiger partial charge on any atom is -0.460 e. The fraction of sp³-hybridized carbons (Fsp3) is 0.429. The molecule has 6 heteroatoms. The number of carbonyl (C=O) groups excluding carboxylic acids is 2. The zero-order valence-electron chi connectivity index (χ0n) is 16.6. The monoisotopic (exact) mass is 391 g/mol. The van der Waals surface area contributed by atoms with Crippen molar-refractivity contribution in [1.29, 1.82) is 0 Å². The molecule has 1 heterocycles. The van der Waals surface area contributed by atoms with Crippen LogP contribution in [0.25, 0.3) is 0 Å². The molecule has 0 saturated heterocycles. The van der Waals surface area contributed by atoms with Crippen LogP contribution in [0, 0.1) is 0 Å². The number of carbonyl (C=O) groups is 2. The van der Waals surface area contributed by atoms with Crippen LogP contribution in [0.15, 0.2) is 46.8 Å². The normalized spacial score (nSPS) is 15.3. The van der Waals surface area contributed by atoms with Crippen molar-refractivity contribution in [3.63, 3.8) is 0 Å². The molecule has 0 saturated carbocycles. The summed E-state index contributed by atoms with van der Waals surface area (Å²) in [5.41, 5.74) is 2.63. The third-order valence-electron chi connectivity index (χ3n) is 4.10. The van der Waals surface area contributed by atoms with E-state index in [0.717, 1.165) is 0 Å². The average molecular weight is 392 g/mol. The van der Waals surface area contributed by atoms with Crippen molar-refractivity contribution < 1.29 is 19.1 Å². The van der Waals surface area contributed by atoms with E-state index in [-0.39, 0.29) is 12.2 Å². The van der Waals surface area contributed by atoms with Gasteiger partial charge in [-0.3, -0.25) is 0 Å². The first-order valence-corrected chi connectivity index (χ1v) is 9.36. The predicted octanol–water partition coefficient (Wildman–Crippen LogP) is 4.48. The molecule has 146 valence electrons. The van der Waals surface area contributed by atoms with Gasteiger partial charge in [0.25, 0.3) is 0 Å². The summed E-state index contributed by atoms with van der Waals surface area (Å²) in [6.45, 7) is 10.7. The standard InChI is InChI=1S/C21H26ClNO4/c1-11(2)26-20(24)17-13(5)23-14(6)18(21(25)27-12(3)4)19(17)15-9-7-8-10-16(15)22/h7-12,19,23H,1-6H3. The van der Waals surface area contributed by atoms with E-state index in [1.165, 1.54) is 0 Å². The van der Waals surface area contributed by atoms with E-state index in [1.54, 1.807) is 53.7 Å². The second kappa shape index (κ2) is 8.61. The number of halogens is 1. The Labute approximate surface area is 165 Å². The Morgan fingerprint density at radius 2 is 1.37 bits per heavy atom. The molecule has 0 unspecified atom stereocenters. The maximum Gasteiger partial charge on any atom is 0.337 e. The Balaban J connectivity index is 2.65. The lowest BCUT2D eigenvalue weighted by molar-refractivity contribution is -0.143. The van der Waals surface area contributed by atoms with Crippen molar-refractivity contribution in [3.05, 3.63) is 57.4 Å². The topological polar surface area (TPSA) is 64.6 Å². The van der Waals surface area contributed by atoms with Crippen LogP contribution in [-0.4, -0.2) is 24.1 Å². The smallest absolute Gasteiger partial charge is 0.337 e. The Morgan fingerprint density at radius 1 is 0.926 bits per heavy atom. The number of allylic oxidation sites excluding steroid dienone is 2. The molecule has 0 atom stereocenters. The van der Waals surface area contributed by atoms with E-state index < -0.39 is 17.9 Å². The van der Waals surface area contributed by atoms with Crippen LogP contribution < -0.4 is 5.32 Å². The zero-order chi connectivity index (χ0) is 20.3. The first kappa shape index (κ1) is 21.0. The zero-order valence-corrected chi connectivity index (χ0v) is 17.3. The molecule has 1 aliphatic rings. The number of nitrogens with one attached hydrogen (secondary N) is 1. The molecule has 1 aromatic carbocycles. The van der Waals surface area contributed by atoms with E-state index in [1.807, 2.05) is 12.1 Å². The van der Waals surface area contributed by atoms with Crippen LogP contribution in [-0.2, 0) is 19.1 Å². The fourth-order valence-corrected chi connectivity index (χ4v) is 3.36. The van der Waals surface area contributed by atoms with E-state index in [2.05, 4.69) is 5.32 Å². The molecule has 1 aliphatic heterocycles. The van der Waals surface area contributed by atoms with Crippen LogP contribution in [0.3, 0.4) is 0 Å². The second-order valence-electron chi connectivity index (χ2n) is 7.07. The minimum absolute atomic E-state index is 0.289. The van der Waals surface area contributed by atoms with Gasteiger partial charge >= 0.3 is 11.9 Å². The summed E-state index contributed by atoms with van der Waals surface area (Å²) >= 11 is 6.43. The molecular formula is C21H26ClNO4. The fourth-order valence-electron chi connectivity index (χ4n) is 3.11. The maximum absolute atomic E-state index is 12.9. The highest BCUT2D eigenvalue weighted by atomic mass is 35.5. The van der Waals surface area contributed by atoms with Gasteiger partial charge in [-0.1, -0.05) is 29.8 Å². The van der Waals surface area contributed by atoms with Crippen molar-refractivity contribution in [2.45, 2.75) is 59.7 Å². The number of ether oxygens (including phenoxy) is 2. The summed E-state index contributed by atoms with van der Waals surface area (Å²) < 4.78 is 10.9. The summed E-state index contributed by atoms with van der Waals surface area (Å²) in [5, 5.41) is 3.59. The summed E-state index contributed by atoms with van der Waals surface area (Å²) in [4.78, 5) is 25.7. The summed E-state index contributed by atoms with van der Waals surface area (Å²) in [5.74, 6) is -1.64. The van der Waals surface area contributed by atoms with Gasteiger partial charge in [-0.2, -0.15) is 0 Å². The third-order valence-corrected chi connectivity index (χ3v) is 4.45. The number of hydrogen-bond acceptors (Lipinski definition) is 5. The van der Waals surface area contributed by atoms with Crippen LogP contribution in [0.5, 0.6) is 0 Å². The highest BCUT2D eigenvalue weighted by Crippen LogP contribution is 2.41. The molecule has 2 rings (SSSR count).